The lowest BCUT2D eigenvalue weighted by Crippen LogP contribution is -2.32. The van der Waals surface area contributed by atoms with Crippen LogP contribution in [0.3, 0.4) is 0 Å². The van der Waals surface area contributed by atoms with Gasteiger partial charge in [-0.15, -0.1) is 0 Å². The fourth-order valence-corrected chi connectivity index (χ4v) is 5.00. The van der Waals surface area contributed by atoms with Gasteiger partial charge in [-0.05, 0) is 43.5 Å². The highest BCUT2D eigenvalue weighted by Crippen LogP contribution is 2.49. The maximum atomic E-state index is 14.1. The van der Waals surface area contributed by atoms with Crippen molar-refractivity contribution in [2.75, 3.05) is 4.90 Å². The largest absolute Gasteiger partial charge is 0.316 e. The summed E-state index contributed by atoms with van der Waals surface area (Å²) in [6, 6.07) is 10.8. The number of benzene rings is 1. The minimum Gasteiger partial charge on any atom is -0.316 e. The summed E-state index contributed by atoms with van der Waals surface area (Å²) in [5.74, 6) is 0.955. The lowest BCUT2D eigenvalue weighted by atomic mass is 10.0. The zero-order valence-electron chi connectivity index (χ0n) is 19.1. The minimum absolute atomic E-state index is 0.0873. The van der Waals surface area contributed by atoms with Crippen LogP contribution in [0.25, 0.3) is 5.82 Å². The van der Waals surface area contributed by atoms with Crippen molar-refractivity contribution in [2.45, 2.75) is 31.7 Å². The van der Waals surface area contributed by atoms with Crippen molar-refractivity contribution in [3.05, 3.63) is 92.2 Å². The molecule has 1 unspecified atom stereocenters. The van der Waals surface area contributed by atoms with Gasteiger partial charge in [0.05, 0.1) is 28.8 Å². The van der Waals surface area contributed by atoms with Crippen LogP contribution in [0.5, 0.6) is 0 Å². The van der Waals surface area contributed by atoms with E-state index < -0.39 is 6.04 Å². The van der Waals surface area contributed by atoms with E-state index in [1.54, 1.807) is 42.0 Å². The quantitative estimate of drug-likeness (QED) is 0.449. The fraction of sp³-hybridized carbons (Fsp3) is 0.280. The molecular weight excluding hydrogens is 452 g/mol. The first-order chi connectivity index (χ1) is 16.3. The molecule has 172 valence electrons. The number of aromatic nitrogens is 5. The molecular formula is C25H23ClN6O2. The summed E-state index contributed by atoms with van der Waals surface area (Å²) >= 11 is 6.20. The number of hydrogen-bond acceptors (Lipinski definition) is 4. The molecule has 1 aliphatic heterocycles. The van der Waals surface area contributed by atoms with E-state index in [-0.39, 0.29) is 17.4 Å². The third kappa shape index (κ3) is 3.05. The van der Waals surface area contributed by atoms with Gasteiger partial charge in [0.25, 0.3) is 11.5 Å². The van der Waals surface area contributed by atoms with Crippen molar-refractivity contribution in [2.24, 2.45) is 14.1 Å². The van der Waals surface area contributed by atoms with Gasteiger partial charge in [0, 0.05) is 42.9 Å². The Hall–Kier alpha value is -3.65. The smallest absolute Gasteiger partial charge is 0.263 e. The molecule has 8 nitrogen and oxygen atoms in total. The highest BCUT2D eigenvalue weighted by Gasteiger charge is 2.47. The van der Waals surface area contributed by atoms with Crippen molar-refractivity contribution in [3.8, 4) is 5.82 Å². The molecule has 0 spiro atoms. The van der Waals surface area contributed by atoms with Crippen LogP contribution in [0.1, 0.15) is 57.7 Å². The molecule has 1 amide bonds. The van der Waals surface area contributed by atoms with E-state index in [2.05, 4.69) is 5.10 Å². The van der Waals surface area contributed by atoms with Crippen molar-refractivity contribution in [1.29, 1.82) is 0 Å². The van der Waals surface area contributed by atoms with E-state index in [0.29, 0.717) is 21.8 Å². The van der Waals surface area contributed by atoms with Crippen LogP contribution >= 0.6 is 11.6 Å². The maximum Gasteiger partial charge on any atom is 0.263 e. The Morgan fingerprint density at radius 3 is 2.41 bits per heavy atom. The second kappa shape index (κ2) is 7.43. The predicted molar refractivity (Wildman–Crippen MR) is 129 cm³/mol. The molecule has 1 saturated carbocycles. The molecule has 0 bridgehead atoms. The van der Waals surface area contributed by atoms with Gasteiger partial charge in [-0.1, -0.05) is 23.7 Å². The van der Waals surface area contributed by atoms with Crippen molar-refractivity contribution < 1.29 is 4.79 Å². The van der Waals surface area contributed by atoms with E-state index in [0.717, 1.165) is 35.6 Å². The molecule has 1 fully saturated rings. The Morgan fingerprint density at radius 2 is 1.79 bits per heavy atom. The standard InChI is InChI=1S/C25H23ClN6O2/c1-14-12-18(13-29(2)24(14)33)31-22(16-6-8-17(26)9-7-16)23-20(25(31)34)21(15-4-5-15)28-32(23)19-10-11-27-30(19)3/h6-13,15,22H,4-5H2,1-3H3. The molecule has 34 heavy (non-hydrogen) atoms. The van der Waals surface area contributed by atoms with Crippen LogP contribution < -0.4 is 10.5 Å². The lowest BCUT2D eigenvalue weighted by molar-refractivity contribution is 0.0992. The Balaban J connectivity index is 1.64. The molecule has 4 aromatic rings. The Kier molecular flexibility index (Phi) is 4.57. The monoisotopic (exact) mass is 474 g/mol. The van der Waals surface area contributed by atoms with E-state index >= 15 is 0 Å². The van der Waals surface area contributed by atoms with Crippen LogP contribution in [0.4, 0.5) is 5.69 Å². The Bertz CT molecular complexity index is 1480. The number of halogens is 1. The number of amides is 1. The van der Waals surface area contributed by atoms with Gasteiger partial charge in [-0.2, -0.15) is 10.2 Å². The number of hydrogen-bond donors (Lipinski definition) is 0. The van der Waals surface area contributed by atoms with Crippen LogP contribution in [-0.4, -0.2) is 30.0 Å². The van der Waals surface area contributed by atoms with Gasteiger partial charge in [0.1, 0.15) is 6.04 Å². The number of aryl methyl sites for hydroxylation is 3. The molecule has 0 radical (unpaired) electrons. The molecule has 9 heteroatoms. The molecule has 4 heterocycles. The third-order valence-electron chi connectivity index (χ3n) is 6.69. The first-order valence-corrected chi connectivity index (χ1v) is 11.6. The summed E-state index contributed by atoms with van der Waals surface area (Å²) < 4.78 is 5.14. The number of anilines is 1. The van der Waals surface area contributed by atoms with Crippen molar-refractivity contribution >= 4 is 23.2 Å². The molecule has 2 aliphatic rings. The van der Waals surface area contributed by atoms with Gasteiger partial charge in [0.15, 0.2) is 5.82 Å². The third-order valence-corrected chi connectivity index (χ3v) is 6.94. The number of pyridine rings is 1. The normalized spacial score (nSPS) is 17.5. The number of carbonyl (C=O) groups is 1. The summed E-state index contributed by atoms with van der Waals surface area (Å²) in [6.07, 6.45) is 5.49. The van der Waals surface area contributed by atoms with Gasteiger partial charge >= 0.3 is 0 Å². The van der Waals surface area contributed by atoms with Crippen LogP contribution in [0, 0.1) is 6.92 Å². The topological polar surface area (TPSA) is 78.0 Å². The second-order valence-corrected chi connectivity index (χ2v) is 9.51. The summed E-state index contributed by atoms with van der Waals surface area (Å²) in [4.78, 5) is 28.3. The summed E-state index contributed by atoms with van der Waals surface area (Å²) in [7, 11) is 3.57. The number of fused-ring (bicyclic) bond motifs is 1. The first kappa shape index (κ1) is 20.9. The number of rotatable bonds is 4. The second-order valence-electron chi connectivity index (χ2n) is 9.07. The van der Waals surface area contributed by atoms with E-state index in [9.17, 15) is 9.59 Å². The number of carbonyl (C=O) groups excluding carboxylic acids is 1. The zero-order valence-corrected chi connectivity index (χ0v) is 19.8. The molecule has 1 atom stereocenters. The fourth-order valence-electron chi connectivity index (χ4n) is 4.88. The minimum atomic E-state index is -0.438. The van der Waals surface area contributed by atoms with Gasteiger partial charge in [-0.25, -0.2) is 4.68 Å². The van der Waals surface area contributed by atoms with Crippen LogP contribution in [0.2, 0.25) is 5.02 Å². The molecule has 0 N–H and O–H groups in total. The van der Waals surface area contributed by atoms with E-state index in [4.69, 9.17) is 16.7 Å². The SMILES string of the molecule is Cc1cc(N2C(=O)c3c(C4CC4)nn(-c4ccnn4C)c3C2c2ccc(Cl)cc2)cn(C)c1=O. The van der Waals surface area contributed by atoms with Gasteiger partial charge in [-0.3, -0.25) is 19.2 Å². The molecule has 6 rings (SSSR count). The number of nitrogens with zero attached hydrogens (tertiary/aromatic N) is 6. The molecule has 1 aromatic carbocycles. The summed E-state index contributed by atoms with van der Waals surface area (Å²) in [6.45, 7) is 1.77. The molecule has 1 aliphatic carbocycles. The summed E-state index contributed by atoms with van der Waals surface area (Å²) in [5, 5.41) is 9.90. The lowest BCUT2D eigenvalue weighted by Gasteiger charge is -2.27. The summed E-state index contributed by atoms with van der Waals surface area (Å²) in [5.41, 5.74) is 4.36. The average Bonchev–Trinajstić information content (AvgIpc) is 3.35. The van der Waals surface area contributed by atoms with Crippen molar-refractivity contribution in [1.82, 2.24) is 24.1 Å². The van der Waals surface area contributed by atoms with Crippen molar-refractivity contribution in [3.63, 3.8) is 0 Å². The average molecular weight is 475 g/mol. The molecule has 0 saturated heterocycles. The first-order valence-electron chi connectivity index (χ1n) is 11.2. The van der Waals surface area contributed by atoms with E-state index in [1.165, 1.54) is 4.57 Å². The molecule has 3 aromatic heterocycles. The highest BCUT2D eigenvalue weighted by atomic mass is 35.5. The van der Waals surface area contributed by atoms with Gasteiger partial charge < -0.3 is 4.57 Å². The zero-order chi connectivity index (χ0) is 23.7. The highest BCUT2D eigenvalue weighted by molar-refractivity contribution is 6.30. The maximum absolute atomic E-state index is 14.1. The van der Waals surface area contributed by atoms with Crippen LogP contribution in [0.15, 0.2) is 53.6 Å². The Labute approximate surface area is 201 Å². The Morgan fingerprint density at radius 1 is 1.06 bits per heavy atom. The van der Waals surface area contributed by atoms with Gasteiger partial charge in [0.2, 0.25) is 0 Å². The van der Waals surface area contributed by atoms with Crippen LogP contribution in [-0.2, 0) is 14.1 Å². The predicted octanol–water partition coefficient (Wildman–Crippen LogP) is 3.89. The van der Waals surface area contributed by atoms with E-state index in [1.807, 2.05) is 42.1 Å².